The summed E-state index contributed by atoms with van der Waals surface area (Å²) in [4.78, 5) is 0.190. The van der Waals surface area contributed by atoms with Crippen molar-refractivity contribution in [3.05, 3.63) is 60.0 Å². The minimum atomic E-state index is -3.64. The van der Waals surface area contributed by atoms with Gasteiger partial charge in [0, 0.05) is 25.4 Å². The fourth-order valence-corrected chi connectivity index (χ4v) is 5.71. The maximum Gasteiger partial charge on any atom is 0.246 e. The Bertz CT molecular complexity index is 1050. The number of hydrogen-bond donors (Lipinski definition) is 2. The van der Waals surface area contributed by atoms with Crippen molar-refractivity contribution in [2.75, 3.05) is 13.1 Å². The minimum absolute atomic E-state index is 0.117. The molecule has 1 aromatic carbocycles. The standard InChI is InChI=1S/C22H27N3O4S/c1-16-22(15-21(29-16)19-9-12-23-24-19)30(27,28)25-13-10-18(11-14-25)20(26)8-7-17-5-3-2-4-6-17/h2-6,9,12,15,18,20,26H,7-8,10-11,13-14H2,1H3,(H,23,24). The van der Waals surface area contributed by atoms with E-state index < -0.39 is 16.1 Å². The average Bonchev–Trinajstić information content (AvgIpc) is 3.43. The maximum atomic E-state index is 13.2. The van der Waals surface area contributed by atoms with Gasteiger partial charge in [0.15, 0.2) is 5.76 Å². The molecule has 1 saturated heterocycles. The number of aliphatic hydroxyl groups excluding tert-OH is 1. The lowest BCUT2D eigenvalue weighted by Crippen LogP contribution is -2.41. The van der Waals surface area contributed by atoms with Crippen LogP contribution in [-0.2, 0) is 16.4 Å². The Morgan fingerprint density at radius 3 is 2.63 bits per heavy atom. The van der Waals surface area contributed by atoms with Gasteiger partial charge in [0.2, 0.25) is 10.0 Å². The summed E-state index contributed by atoms with van der Waals surface area (Å²) >= 11 is 0. The highest BCUT2D eigenvalue weighted by molar-refractivity contribution is 7.89. The second kappa shape index (κ2) is 8.75. The predicted molar refractivity (Wildman–Crippen MR) is 113 cm³/mol. The van der Waals surface area contributed by atoms with Crippen LogP contribution in [0.5, 0.6) is 0 Å². The Morgan fingerprint density at radius 2 is 1.97 bits per heavy atom. The van der Waals surface area contributed by atoms with E-state index in [1.165, 1.54) is 9.87 Å². The second-order valence-corrected chi connectivity index (χ2v) is 9.74. The highest BCUT2D eigenvalue weighted by atomic mass is 32.2. The maximum absolute atomic E-state index is 13.2. The lowest BCUT2D eigenvalue weighted by atomic mass is 9.89. The van der Waals surface area contributed by atoms with Gasteiger partial charge in [-0.2, -0.15) is 9.40 Å². The molecule has 0 amide bonds. The average molecular weight is 430 g/mol. The zero-order chi connectivity index (χ0) is 21.1. The van der Waals surface area contributed by atoms with Crippen molar-refractivity contribution in [3.63, 3.8) is 0 Å². The lowest BCUT2D eigenvalue weighted by molar-refractivity contribution is 0.0695. The highest BCUT2D eigenvalue weighted by Gasteiger charge is 2.34. The van der Waals surface area contributed by atoms with Gasteiger partial charge in [-0.1, -0.05) is 30.3 Å². The number of piperidine rings is 1. The summed E-state index contributed by atoms with van der Waals surface area (Å²) in [7, 11) is -3.64. The van der Waals surface area contributed by atoms with E-state index in [0.717, 1.165) is 6.42 Å². The third kappa shape index (κ3) is 4.35. The monoisotopic (exact) mass is 429 g/mol. The number of aryl methyl sites for hydroxylation is 2. The molecule has 0 spiro atoms. The van der Waals surface area contributed by atoms with Crippen molar-refractivity contribution >= 4 is 10.0 Å². The molecule has 4 rings (SSSR count). The summed E-state index contributed by atoms with van der Waals surface area (Å²) < 4.78 is 33.5. The largest absolute Gasteiger partial charge is 0.458 e. The number of nitrogens with one attached hydrogen (secondary N) is 1. The molecule has 30 heavy (non-hydrogen) atoms. The number of benzene rings is 1. The van der Waals surface area contributed by atoms with E-state index in [-0.39, 0.29) is 10.8 Å². The number of hydrogen-bond acceptors (Lipinski definition) is 5. The molecule has 3 heterocycles. The number of nitrogens with zero attached hydrogens (tertiary/aromatic N) is 2. The molecule has 7 nitrogen and oxygen atoms in total. The molecule has 0 saturated carbocycles. The topological polar surface area (TPSA) is 99.4 Å². The van der Waals surface area contributed by atoms with Gasteiger partial charge in [-0.15, -0.1) is 0 Å². The molecule has 8 heteroatoms. The lowest BCUT2D eigenvalue weighted by Gasteiger charge is -2.33. The fraction of sp³-hybridized carbons (Fsp3) is 0.409. The van der Waals surface area contributed by atoms with Crippen molar-refractivity contribution in [2.24, 2.45) is 5.92 Å². The molecule has 160 valence electrons. The summed E-state index contributed by atoms with van der Waals surface area (Å²) in [6.45, 7) is 2.46. The number of rotatable bonds is 7. The summed E-state index contributed by atoms with van der Waals surface area (Å²) in [6.07, 6.45) is 3.99. The zero-order valence-corrected chi connectivity index (χ0v) is 17.8. The molecule has 1 aliphatic heterocycles. The normalized spacial score (nSPS) is 17.3. The molecule has 1 fully saturated rings. The molecule has 0 aliphatic carbocycles. The number of aromatic amines is 1. The molecular weight excluding hydrogens is 402 g/mol. The van der Waals surface area contributed by atoms with E-state index in [2.05, 4.69) is 22.3 Å². The fourth-order valence-electron chi connectivity index (χ4n) is 4.08. The molecule has 1 aliphatic rings. The first-order valence-corrected chi connectivity index (χ1v) is 11.7. The first kappa shape index (κ1) is 20.8. The minimum Gasteiger partial charge on any atom is -0.458 e. The quantitative estimate of drug-likeness (QED) is 0.600. The number of furan rings is 1. The van der Waals surface area contributed by atoms with Gasteiger partial charge in [0.05, 0.1) is 6.10 Å². The number of aromatic nitrogens is 2. The van der Waals surface area contributed by atoms with Gasteiger partial charge >= 0.3 is 0 Å². The smallest absolute Gasteiger partial charge is 0.246 e. The Morgan fingerprint density at radius 1 is 1.23 bits per heavy atom. The summed E-state index contributed by atoms with van der Waals surface area (Å²) in [6, 6.07) is 13.4. The highest BCUT2D eigenvalue weighted by Crippen LogP contribution is 2.32. The molecule has 1 atom stereocenters. The zero-order valence-electron chi connectivity index (χ0n) is 17.0. The summed E-state index contributed by atoms with van der Waals surface area (Å²) in [5, 5.41) is 17.3. The molecular formula is C22H27N3O4S. The van der Waals surface area contributed by atoms with E-state index in [1.807, 2.05) is 18.2 Å². The van der Waals surface area contributed by atoms with Crippen LogP contribution < -0.4 is 0 Å². The van der Waals surface area contributed by atoms with E-state index in [9.17, 15) is 13.5 Å². The van der Waals surface area contributed by atoms with E-state index >= 15 is 0 Å². The Labute approximate surface area is 176 Å². The van der Waals surface area contributed by atoms with E-state index in [4.69, 9.17) is 4.42 Å². The van der Waals surface area contributed by atoms with Gasteiger partial charge in [-0.05, 0) is 50.2 Å². The molecule has 0 radical (unpaired) electrons. The number of sulfonamides is 1. The van der Waals surface area contributed by atoms with Crippen molar-refractivity contribution < 1.29 is 17.9 Å². The van der Waals surface area contributed by atoms with Crippen LogP contribution in [0.25, 0.3) is 11.5 Å². The van der Waals surface area contributed by atoms with Crippen molar-refractivity contribution in [2.45, 2.75) is 43.6 Å². The Kier molecular flexibility index (Phi) is 6.08. The van der Waals surface area contributed by atoms with Gasteiger partial charge in [-0.3, -0.25) is 5.10 Å². The van der Waals surface area contributed by atoms with Crippen LogP contribution in [0.4, 0.5) is 0 Å². The van der Waals surface area contributed by atoms with E-state index in [0.29, 0.717) is 49.6 Å². The number of aliphatic hydroxyl groups is 1. The molecule has 1 unspecified atom stereocenters. The van der Waals surface area contributed by atoms with Crippen LogP contribution in [0.2, 0.25) is 0 Å². The van der Waals surface area contributed by atoms with Crippen LogP contribution in [0, 0.1) is 12.8 Å². The summed E-state index contributed by atoms with van der Waals surface area (Å²) in [5.74, 6) is 0.936. The summed E-state index contributed by atoms with van der Waals surface area (Å²) in [5.41, 5.74) is 1.85. The van der Waals surface area contributed by atoms with Gasteiger partial charge < -0.3 is 9.52 Å². The van der Waals surface area contributed by atoms with E-state index in [1.54, 1.807) is 25.3 Å². The number of H-pyrrole nitrogens is 1. The third-order valence-electron chi connectivity index (χ3n) is 5.87. The van der Waals surface area contributed by atoms with Crippen LogP contribution >= 0.6 is 0 Å². The first-order valence-electron chi connectivity index (χ1n) is 10.3. The molecule has 0 bridgehead atoms. The predicted octanol–water partition coefficient (Wildman–Crippen LogP) is 3.37. The Balaban J connectivity index is 1.37. The van der Waals surface area contributed by atoms with Crippen molar-refractivity contribution in [3.8, 4) is 11.5 Å². The molecule has 2 N–H and O–H groups in total. The van der Waals surface area contributed by atoms with Crippen LogP contribution in [0.15, 0.2) is 58.0 Å². The van der Waals surface area contributed by atoms with Gasteiger partial charge in [0.1, 0.15) is 16.3 Å². The second-order valence-electron chi connectivity index (χ2n) is 7.83. The first-order chi connectivity index (χ1) is 14.4. The van der Waals surface area contributed by atoms with Crippen LogP contribution in [0.1, 0.15) is 30.6 Å². The third-order valence-corrected chi connectivity index (χ3v) is 7.88. The van der Waals surface area contributed by atoms with Gasteiger partial charge in [0.25, 0.3) is 0 Å². The van der Waals surface area contributed by atoms with Gasteiger partial charge in [-0.25, -0.2) is 8.42 Å². The van der Waals surface area contributed by atoms with Crippen molar-refractivity contribution in [1.29, 1.82) is 0 Å². The van der Waals surface area contributed by atoms with Crippen LogP contribution in [0.3, 0.4) is 0 Å². The molecule has 3 aromatic rings. The SMILES string of the molecule is Cc1oc(-c2ccn[nH]2)cc1S(=O)(=O)N1CCC(C(O)CCc2ccccc2)CC1. The Hall–Kier alpha value is -2.42. The molecule has 2 aromatic heterocycles. The van der Waals surface area contributed by atoms with Crippen molar-refractivity contribution in [1.82, 2.24) is 14.5 Å². The van der Waals surface area contributed by atoms with Crippen LogP contribution in [-0.4, -0.2) is 47.2 Å².